The number of carbonyl (C=O) groups excluding carboxylic acids is 1. The Kier molecular flexibility index (Phi) is 3.70. The van der Waals surface area contributed by atoms with Gasteiger partial charge in [-0.3, -0.25) is 4.79 Å². The zero-order valence-corrected chi connectivity index (χ0v) is 12.3. The minimum atomic E-state index is -0.897. The van der Waals surface area contributed by atoms with E-state index in [1.165, 1.54) is 28.9 Å². The number of rotatable bonds is 2. The van der Waals surface area contributed by atoms with Gasteiger partial charge in [-0.2, -0.15) is 0 Å². The Morgan fingerprint density at radius 3 is 2.62 bits per heavy atom. The van der Waals surface area contributed by atoms with Crippen LogP contribution in [0.3, 0.4) is 0 Å². The van der Waals surface area contributed by atoms with Crippen molar-refractivity contribution in [3.8, 4) is 0 Å². The molecular weight excluding hydrogens is 266 g/mol. The second-order valence-electron chi connectivity index (χ2n) is 6.24. The number of carboxylic acid groups (broad SMARTS) is 1. The molecule has 1 saturated heterocycles. The van der Waals surface area contributed by atoms with Crippen LogP contribution in [-0.4, -0.2) is 34.5 Å². The number of nitrogens with zero attached hydrogens (tertiary/aromatic N) is 1. The maximum absolute atomic E-state index is 12.7. The molecule has 4 nitrogen and oxygen atoms in total. The van der Waals surface area contributed by atoms with Crippen LogP contribution >= 0.6 is 0 Å². The third-order valence-corrected chi connectivity index (χ3v) is 4.81. The number of aryl methyl sites for hydroxylation is 2. The van der Waals surface area contributed by atoms with Gasteiger partial charge in [0.05, 0.1) is 0 Å². The molecule has 1 fully saturated rings. The molecule has 3 rings (SSSR count). The average Bonchev–Trinajstić information content (AvgIpc) is 2.88. The molecule has 112 valence electrons. The second-order valence-corrected chi connectivity index (χ2v) is 6.24. The van der Waals surface area contributed by atoms with Gasteiger partial charge >= 0.3 is 5.97 Å². The molecule has 1 aromatic rings. The van der Waals surface area contributed by atoms with Gasteiger partial charge in [-0.15, -0.1) is 0 Å². The van der Waals surface area contributed by atoms with Gasteiger partial charge in [0, 0.05) is 12.1 Å². The zero-order chi connectivity index (χ0) is 15.0. The molecule has 2 unspecified atom stereocenters. The second kappa shape index (κ2) is 5.51. The lowest BCUT2D eigenvalue weighted by molar-refractivity contribution is -0.142. The minimum Gasteiger partial charge on any atom is -0.480 e. The van der Waals surface area contributed by atoms with Gasteiger partial charge in [-0.05, 0) is 61.3 Å². The Morgan fingerprint density at radius 2 is 1.90 bits per heavy atom. The largest absolute Gasteiger partial charge is 0.480 e. The van der Waals surface area contributed by atoms with Gasteiger partial charge in [-0.25, -0.2) is 4.79 Å². The van der Waals surface area contributed by atoms with Crippen LogP contribution in [0.25, 0.3) is 0 Å². The topological polar surface area (TPSA) is 57.6 Å². The summed E-state index contributed by atoms with van der Waals surface area (Å²) in [6.07, 6.45) is 5.25. The van der Waals surface area contributed by atoms with Crippen LogP contribution in [0.4, 0.5) is 0 Å². The highest BCUT2D eigenvalue weighted by Crippen LogP contribution is 2.28. The molecular formula is C17H21NO3. The number of benzene rings is 1. The Bertz CT molecular complexity index is 581. The summed E-state index contributed by atoms with van der Waals surface area (Å²) in [5, 5.41) is 9.35. The van der Waals surface area contributed by atoms with Crippen LogP contribution in [0.1, 0.15) is 47.7 Å². The number of carbonyl (C=O) groups is 2. The molecule has 0 aromatic heterocycles. The Morgan fingerprint density at radius 1 is 1.19 bits per heavy atom. The van der Waals surface area contributed by atoms with Crippen molar-refractivity contribution in [3.63, 3.8) is 0 Å². The highest BCUT2D eigenvalue weighted by molar-refractivity contribution is 5.97. The summed E-state index contributed by atoms with van der Waals surface area (Å²) in [5.74, 6) is -1.02. The van der Waals surface area contributed by atoms with E-state index in [0.717, 1.165) is 19.3 Å². The fourth-order valence-corrected chi connectivity index (χ4v) is 3.58. The van der Waals surface area contributed by atoms with Gasteiger partial charge in [-0.1, -0.05) is 13.0 Å². The predicted molar refractivity (Wildman–Crippen MR) is 79.3 cm³/mol. The van der Waals surface area contributed by atoms with Crippen LogP contribution in [-0.2, 0) is 17.6 Å². The highest BCUT2D eigenvalue weighted by Gasteiger charge is 2.39. The molecule has 1 aliphatic heterocycles. The molecule has 1 aromatic carbocycles. The zero-order valence-electron chi connectivity index (χ0n) is 12.3. The van der Waals surface area contributed by atoms with E-state index < -0.39 is 12.0 Å². The van der Waals surface area contributed by atoms with Gasteiger partial charge in [0.25, 0.3) is 5.91 Å². The van der Waals surface area contributed by atoms with Crippen molar-refractivity contribution in [2.45, 2.75) is 45.1 Å². The predicted octanol–water partition coefficient (Wildman–Crippen LogP) is 2.50. The molecule has 0 spiro atoms. The van der Waals surface area contributed by atoms with E-state index in [0.29, 0.717) is 12.1 Å². The third kappa shape index (κ3) is 2.55. The number of aliphatic carboxylic acids is 1. The van der Waals surface area contributed by atoms with Crippen molar-refractivity contribution >= 4 is 11.9 Å². The number of carboxylic acids is 1. The van der Waals surface area contributed by atoms with Crippen molar-refractivity contribution in [3.05, 3.63) is 34.9 Å². The first-order valence-corrected chi connectivity index (χ1v) is 7.73. The summed E-state index contributed by atoms with van der Waals surface area (Å²) in [6, 6.07) is 5.18. The van der Waals surface area contributed by atoms with Crippen molar-refractivity contribution < 1.29 is 14.7 Å². The Balaban J connectivity index is 1.86. The molecule has 1 amide bonds. The Labute approximate surface area is 124 Å². The SMILES string of the molecule is CC1CCN(C(=O)c2ccc3c(c2)CCCC3)C1C(=O)O. The normalized spacial score (nSPS) is 24.7. The quantitative estimate of drug-likeness (QED) is 0.909. The van der Waals surface area contributed by atoms with Gasteiger partial charge in [0.15, 0.2) is 0 Å². The first kappa shape index (κ1) is 14.1. The fraction of sp³-hybridized carbons (Fsp3) is 0.529. The molecule has 1 aliphatic carbocycles. The van der Waals surface area contributed by atoms with E-state index in [1.54, 1.807) is 0 Å². The summed E-state index contributed by atoms with van der Waals surface area (Å²) >= 11 is 0. The van der Waals surface area contributed by atoms with E-state index in [4.69, 9.17) is 0 Å². The number of hydrogen-bond donors (Lipinski definition) is 1. The van der Waals surface area contributed by atoms with Gasteiger partial charge < -0.3 is 10.0 Å². The molecule has 21 heavy (non-hydrogen) atoms. The Hall–Kier alpha value is -1.84. The summed E-state index contributed by atoms with van der Waals surface area (Å²) in [7, 11) is 0. The van der Waals surface area contributed by atoms with Crippen molar-refractivity contribution in [2.75, 3.05) is 6.54 Å². The molecule has 0 bridgehead atoms. The minimum absolute atomic E-state index is 0.0177. The lowest BCUT2D eigenvalue weighted by Crippen LogP contribution is -2.42. The summed E-state index contributed by atoms with van der Waals surface area (Å²) < 4.78 is 0. The summed E-state index contributed by atoms with van der Waals surface area (Å²) in [5.41, 5.74) is 3.23. The molecule has 2 aliphatic rings. The fourth-order valence-electron chi connectivity index (χ4n) is 3.58. The van der Waals surface area contributed by atoms with Crippen molar-refractivity contribution in [1.29, 1.82) is 0 Å². The monoisotopic (exact) mass is 287 g/mol. The lowest BCUT2D eigenvalue weighted by atomic mass is 9.90. The van der Waals surface area contributed by atoms with E-state index in [9.17, 15) is 14.7 Å². The van der Waals surface area contributed by atoms with Gasteiger partial charge in [0.2, 0.25) is 0 Å². The maximum atomic E-state index is 12.7. The maximum Gasteiger partial charge on any atom is 0.326 e. The van der Waals surface area contributed by atoms with Crippen LogP contribution in [0, 0.1) is 5.92 Å². The van der Waals surface area contributed by atoms with Crippen molar-refractivity contribution in [1.82, 2.24) is 4.90 Å². The summed E-state index contributed by atoms with van der Waals surface area (Å²) in [6.45, 7) is 2.44. The smallest absolute Gasteiger partial charge is 0.326 e. The van der Waals surface area contributed by atoms with Crippen LogP contribution in [0.15, 0.2) is 18.2 Å². The standard InChI is InChI=1S/C17H21NO3/c1-11-8-9-18(15(11)17(20)21)16(19)14-7-6-12-4-2-3-5-13(12)10-14/h6-7,10-11,15H,2-5,8-9H2,1H3,(H,20,21). The number of likely N-dealkylation sites (tertiary alicyclic amines) is 1. The van der Waals surface area contributed by atoms with E-state index in [2.05, 4.69) is 0 Å². The first-order valence-electron chi connectivity index (χ1n) is 7.73. The van der Waals surface area contributed by atoms with Crippen LogP contribution < -0.4 is 0 Å². The molecule has 4 heteroatoms. The van der Waals surface area contributed by atoms with E-state index >= 15 is 0 Å². The van der Waals surface area contributed by atoms with Crippen molar-refractivity contribution in [2.24, 2.45) is 5.92 Å². The number of amides is 1. The lowest BCUT2D eigenvalue weighted by Gasteiger charge is -2.24. The van der Waals surface area contributed by atoms with Gasteiger partial charge in [0.1, 0.15) is 6.04 Å². The third-order valence-electron chi connectivity index (χ3n) is 4.81. The van der Waals surface area contributed by atoms with E-state index in [1.807, 2.05) is 25.1 Å². The number of hydrogen-bond acceptors (Lipinski definition) is 2. The molecule has 2 atom stereocenters. The molecule has 0 radical (unpaired) electrons. The number of fused-ring (bicyclic) bond motifs is 1. The molecule has 0 saturated carbocycles. The molecule has 1 heterocycles. The summed E-state index contributed by atoms with van der Waals surface area (Å²) in [4.78, 5) is 25.6. The van der Waals surface area contributed by atoms with E-state index in [-0.39, 0.29) is 11.8 Å². The first-order chi connectivity index (χ1) is 10.1. The van der Waals surface area contributed by atoms with Crippen LogP contribution in [0.2, 0.25) is 0 Å². The van der Waals surface area contributed by atoms with Crippen LogP contribution in [0.5, 0.6) is 0 Å². The average molecular weight is 287 g/mol. The molecule has 1 N–H and O–H groups in total. The highest BCUT2D eigenvalue weighted by atomic mass is 16.4.